The Morgan fingerprint density at radius 2 is 1.77 bits per heavy atom. The first-order chi connectivity index (χ1) is 6.27. The van der Waals surface area contributed by atoms with Gasteiger partial charge in [0, 0.05) is 5.02 Å². The van der Waals surface area contributed by atoms with Gasteiger partial charge in [-0.2, -0.15) is 0 Å². The van der Waals surface area contributed by atoms with E-state index < -0.39 is 0 Å². The van der Waals surface area contributed by atoms with Crippen molar-refractivity contribution in [3.63, 3.8) is 0 Å². The van der Waals surface area contributed by atoms with Crippen molar-refractivity contribution >= 4 is 17.2 Å². The Morgan fingerprint density at radius 1 is 1.15 bits per heavy atom. The van der Waals surface area contributed by atoms with Gasteiger partial charge in [0.2, 0.25) is 0 Å². The maximum absolute atomic E-state index is 5.77. The van der Waals surface area contributed by atoms with Crippen LogP contribution < -0.4 is 0 Å². The fourth-order valence-electron chi connectivity index (χ4n) is 1.05. The van der Waals surface area contributed by atoms with Crippen molar-refractivity contribution in [2.75, 3.05) is 0 Å². The molecule has 0 fully saturated rings. The number of hydrogen-bond donors (Lipinski definition) is 0. The zero-order valence-electron chi connectivity index (χ0n) is 7.33. The molecule has 0 radical (unpaired) electrons. The van der Waals surface area contributed by atoms with Gasteiger partial charge in [0.1, 0.15) is 0 Å². The molecule has 0 aliphatic heterocycles. The van der Waals surface area contributed by atoms with Crippen molar-refractivity contribution in [3.05, 3.63) is 66.2 Å². The largest absolute Gasteiger partial charge is 0.0990 e. The number of hydrogen-bond acceptors (Lipinski definition) is 0. The molecule has 0 saturated carbocycles. The quantitative estimate of drug-likeness (QED) is 0.630. The lowest BCUT2D eigenvalue weighted by molar-refractivity contribution is 1.62. The SMILES string of the molecule is C=C/C=C(\C=C)c1ccc(Cl)cc1. The maximum atomic E-state index is 5.77. The van der Waals surface area contributed by atoms with Crippen LogP contribution in [-0.2, 0) is 0 Å². The van der Waals surface area contributed by atoms with Crippen LogP contribution in [0.2, 0.25) is 5.02 Å². The molecule has 0 saturated heterocycles. The number of allylic oxidation sites excluding steroid dienone is 4. The third-order valence-electron chi connectivity index (χ3n) is 1.69. The Morgan fingerprint density at radius 3 is 2.23 bits per heavy atom. The van der Waals surface area contributed by atoms with E-state index in [1.54, 1.807) is 12.2 Å². The molecule has 1 aromatic carbocycles. The summed E-state index contributed by atoms with van der Waals surface area (Å²) in [6, 6.07) is 7.63. The Hall–Kier alpha value is -1.27. The molecule has 0 aromatic heterocycles. The molecule has 66 valence electrons. The van der Waals surface area contributed by atoms with Gasteiger partial charge in [0.25, 0.3) is 0 Å². The van der Waals surface area contributed by atoms with Crippen LogP contribution in [0.25, 0.3) is 5.57 Å². The topological polar surface area (TPSA) is 0 Å². The minimum absolute atomic E-state index is 0.741. The van der Waals surface area contributed by atoms with Crippen LogP contribution in [0, 0.1) is 0 Å². The maximum Gasteiger partial charge on any atom is 0.0406 e. The first kappa shape index (κ1) is 9.82. The Labute approximate surface area is 83.9 Å². The van der Waals surface area contributed by atoms with Gasteiger partial charge in [-0.1, -0.05) is 55.1 Å². The summed E-state index contributed by atoms with van der Waals surface area (Å²) >= 11 is 5.77. The lowest BCUT2D eigenvalue weighted by Gasteiger charge is -2.00. The third kappa shape index (κ3) is 2.60. The van der Waals surface area contributed by atoms with Crippen LogP contribution in [0.15, 0.2) is 55.7 Å². The predicted octanol–water partition coefficient (Wildman–Crippen LogP) is 4.10. The summed E-state index contributed by atoms with van der Waals surface area (Å²) in [5.41, 5.74) is 2.14. The van der Waals surface area contributed by atoms with Gasteiger partial charge in [-0.05, 0) is 23.3 Å². The highest BCUT2D eigenvalue weighted by Gasteiger charge is 1.95. The van der Waals surface area contributed by atoms with E-state index >= 15 is 0 Å². The van der Waals surface area contributed by atoms with E-state index in [4.69, 9.17) is 11.6 Å². The van der Waals surface area contributed by atoms with Crippen LogP contribution in [0.1, 0.15) is 5.56 Å². The fraction of sp³-hybridized carbons (Fsp3) is 0. The summed E-state index contributed by atoms with van der Waals surface area (Å²) in [4.78, 5) is 0. The van der Waals surface area contributed by atoms with Crippen LogP contribution in [0.4, 0.5) is 0 Å². The Bertz CT molecular complexity index is 331. The number of benzene rings is 1. The zero-order valence-corrected chi connectivity index (χ0v) is 8.09. The van der Waals surface area contributed by atoms with Crippen molar-refractivity contribution in [3.8, 4) is 0 Å². The fourth-order valence-corrected chi connectivity index (χ4v) is 1.18. The van der Waals surface area contributed by atoms with E-state index in [9.17, 15) is 0 Å². The minimum Gasteiger partial charge on any atom is -0.0990 e. The predicted molar refractivity (Wildman–Crippen MR) is 59.8 cm³/mol. The monoisotopic (exact) mass is 190 g/mol. The molecule has 0 nitrogen and oxygen atoms in total. The molecule has 13 heavy (non-hydrogen) atoms. The van der Waals surface area contributed by atoms with E-state index in [2.05, 4.69) is 13.2 Å². The molecule has 0 bridgehead atoms. The van der Waals surface area contributed by atoms with Gasteiger partial charge in [-0.25, -0.2) is 0 Å². The molecule has 0 aliphatic rings. The zero-order chi connectivity index (χ0) is 9.68. The molecule has 0 atom stereocenters. The summed E-state index contributed by atoms with van der Waals surface area (Å²) in [5, 5.41) is 0.741. The molecule has 0 spiro atoms. The summed E-state index contributed by atoms with van der Waals surface area (Å²) in [5.74, 6) is 0. The summed E-state index contributed by atoms with van der Waals surface area (Å²) in [7, 11) is 0. The van der Waals surface area contributed by atoms with E-state index in [1.807, 2.05) is 30.3 Å². The first-order valence-corrected chi connectivity index (χ1v) is 4.37. The molecule has 0 unspecified atom stereocenters. The molecule has 0 aliphatic carbocycles. The molecular formula is C12H11Cl. The molecule has 0 N–H and O–H groups in total. The smallest absolute Gasteiger partial charge is 0.0406 e. The Kier molecular flexibility index (Phi) is 3.53. The van der Waals surface area contributed by atoms with Gasteiger partial charge < -0.3 is 0 Å². The third-order valence-corrected chi connectivity index (χ3v) is 1.95. The van der Waals surface area contributed by atoms with Gasteiger partial charge >= 0.3 is 0 Å². The normalized spacial score (nSPS) is 11.0. The molecule has 1 aromatic rings. The van der Waals surface area contributed by atoms with Gasteiger partial charge in [0.15, 0.2) is 0 Å². The molecule has 1 heteroatoms. The van der Waals surface area contributed by atoms with E-state index in [0.717, 1.165) is 16.2 Å². The van der Waals surface area contributed by atoms with Crippen LogP contribution in [0.3, 0.4) is 0 Å². The lowest BCUT2D eigenvalue weighted by atomic mass is 10.1. The van der Waals surface area contributed by atoms with E-state index in [1.165, 1.54) is 0 Å². The van der Waals surface area contributed by atoms with Gasteiger partial charge in [0.05, 0.1) is 0 Å². The highest BCUT2D eigenvalue weighted by molar-refractivity contribution is 6.30. The van der Waals surface area contributed by atoms with Crippen molar-refractivity contribution in [1.82, 2.24) is 0 Å². The highest BCUT2D eigenvalue weighted by Crippen LogP contribution is 2.18. The highest BCUT2D eigenvalue weighted by atomic mass is 35.5. The summed E-state index contributed by atoms with van der Waals surface area (Å²) in [6.45, 7) is 7.37. The number of halogens is 1. The minimum atomic E-state index is 0.741. The molecule has 0 amide bonds. The lowest BCUT2D eigenvalue weighted by Crippen LogP contribution is -1.78. The van der Waals surface area contributed by atoms with Crippen molar-refractivity contribution in [2.45, 2.75) is 0 Å². The van der Waals surface area contributed by atoms with Crippen molar-refractivity contribution < 1.29 is 0 Å². The number of rotatable bonds is 3. The summed E-state index contributed by atoms with van der Waals surface area (Å²) in [6.07, 6.45) is 5.45. The second-order valence-corrected chi connectivity index (χ2v) is 3.01. The standard InChI is InChI=1S/C12H11Cl/c1-3-5-10(4-2)11-6-8-12(13)9-7-11/h3-9H,1-2H2/b10-5+. The summed E-state index contributed by atoms with van der Waals surface area (Å²) < 4.78 is 0. The van der Waals surface area contributed by atoms with Crippen molar-refractivity contribution in [1.29, 1.82) is 0 Å². The van der Waals surface area contributed by atoms with Crippen molar-refractivity contribution in [2.24, 2.45) is 0 Å². The van der Waals surface area contributed by atoms with Crippen LogP contribution >= 0.6 is 11.6 Å². The van der Waals surface area contributed by atoms with Crippen LogP contribution in [0.5, 0.6) is 0 Å². The van der Waals surface area contributed by atoms with E-state index in [-0.39, 0.29) is 0 Å². The van der Waals surface area contributed by atoms with Gasteiger partial charge in [-0.3, -0.25) is 0 Å². The van der Waals surface area contributed by atoms with E-state index in [0.29, 0.717) is 0 Å². The molecular weight excluding hydrogens is 180 g/mol. The average molecular weight is 191 g/mol. The second-order valence-electron chi connectivity index (χ2n) is 2.57. The first-order valence-electron chi connectivity index (χ1n) is 3.99. The molecule has 0 heterocycles. The second kappa shape index (κ2) is 4.68. The Balaban J connectivity index is 3.06. The van der Waals surface area contributed by atoms with Crippen LogP contribution in [-0.4, -0.2) is 0 Å². The van der Waals surface area contributed by atoms with Gasteiger partial charge in [-0.15, -0.1) is 0 Å². The molecule has 1 rings (SSSR count). The average Bonchev–Trinajstić information content (AvgIpc) is 2.16.